The maximum atomic E-state index is 11.9. The molecule has 0 unspecified atom stereocenters. The first kappa shape index (κ1) is 35.6. The van der Waals surface area contributed by atoms with E-state index in [1.165, 1.54) is 11.1 Å². The molecule has 3 aromatic carbocycles. The highest BCUT2D eigenvalue weighted by molar-refractivity contribution is 5.93. The Hall–Kier alpha value is -2.41. The Morgan fingerprint density at radius 3 is 1.68 bits per heavy atom. The van der Waals surface area contributed by atoms with Crippen molar-refractivity contribution in [2.24, 2.45) is 0 Å². The standard InChI is InChI=1S/C17H21NO.C14H22N2O.2ClH/c1-18(2)13-14-19-17(15-9-5-3-6-10-15)16-11-7-4-8-12-16;1-5-16(6-2)10-13(17)15-14-11(3)8-7-9-12(14)4;;/h3-12,17H,13-14H2,1-2H3;7-9H,5-6,10H2,1-4H3,(H,15,17);2*1H. The molecule has 0 heterocycles. The number of benzene rings is 3. The molecule has 0 spiro atoms. The molecule has 7 heteroatoms. The Morgan fingerprint density at radius 2 is 1.26 bits per heavy atom. The summed E-state index contributed by atoms with van der Waals surface area (Å²) in [5, 5.41) is 3.00. The molecule has 0 bridgehead atoms. The molecule has 1 N–H and O–H groups in total. The monoisotopic (exact) mass is 561 g/mol. The number of likely N-dealkylation sites (N-methyl/N-ethyl adjacent to an activating group) is 2. The van der Waals surface area contributed by atoms with Gasteiger partial charge in [-0.15, -0.1) is 24.8 Å². The fourth-order valence-corrected chi connectivity index (χ4v) is 3.83. The molecule has 0 aliphatic rings. The molecule has 0 saturated carbocycles. The van der Waals surface area contributed by atoms with Gasteiger partial charge in [0.1, 0.15) is 6.10 Å². The van der Waals surface area contributed by atoms with Crippen LogP contribution in [-0.2, 0) is 9.53 Å². The predicted octanol–water partition coefficient (Wildman–Crippen LogP) is 6.78. The van der Waals surface area contributed by atoms with Crippen molar-refractivity contribution in [3.05, 3.63) is 101 Å². The molecule has 0 saturated heterocycles. The van der Waals surface area contributed by atoms with Gasteiger partial charge in [0.2, 0.25) is 5.91 Å². The third-order valence-corrected chi connectivity index (χ3v) is 6.03. The van der Waals surface area contributed by atoms with E-state index in [1.54, 1.807) is 0 Å². The van der Waals surface area contributed by atoms with Gasteiger partial charge in [-0.3, -0.25) is 9.69 Å². The van der Waals surface area contributed by atoms with Gasteiger partial charge >= 0.3 is 0 Å². The Bertz CT molecular complexity index is 970. The van der Waals surface area contributed by atoms with Gasteiger partial charge in [0.05, 0.1) is 13.2 Å². The highest BCUT2D eigenvalue weighted by Gasteiger charge is 2.14. The summed E-state index contributed by atoms with van der Waals surface area (Å²) < 4.78 is 6.08. The van der Waals surface area contributed by atoms with Crippen LogP contribution in [0.4, 0.5) is 5.69 Å². The lowest BCUT2D eigenvalue weighted by atomic mass is 10.0. The molecule has 38 heavy (non-hydrogen) atoms. The van der Waals surface area contributed by atoms with Crippen molar-refractivity contribution in [2.75, 3.05) is 52.2 Å². The van der Waals surface area contributed by atoms with E-state index in [0.29, 0.717) is 6.54 Å². The number of hydrogen-bond acceptors (Lipinski definition) is 4. The van der Waals surface area contributed by atoms with Crippen LogP contribution < -0.4 is 5.32 Å². The van der Waals surface area contributed by atoms with Crippen LogP contribution in [0.15, 0.2) is 78.9 Å². The van der Waals surface area contributed by atoms with E-state index < -0.39 is 0 Å². The average Bonchev–Trinajstić information content (AvgIpc) is 2.89. The summed E-state index contributed by atoms with van der Waals surface area (Å²) in [6.45, 7) is 12.1. The maximum Gasteiger partial charge on any atom is 0.238 e. The highest BCUT2D eigenvalue weighted by atomic mass is 35.5. The largest absolute Gasteiger partial charge is 0.367 e. The Labute approximate surface area is 242 Å². The lowest BCUT2D eigenvalue weighted by molar-refractivity contribution is -0.117. The number of nitrogens with one attached hydrogen (secondary N) is 1. The summed E-state index contributed by atoms with van der Waals surface area (Å²) in [5.41, 5.74) is 5.57. The van der Waals surface area contributed by atoms with Crippen LogP contribution in [0.1, 0.15) is 42.2 Å². The third kappa shape index (κ3) is 12.4. The van der Waals surface area contributed by atoms with Crippen molar-refractivity contribution in [2.45, 2.75) is 33.8 Å². The topological polar surface area (TPSA) is 44.8 Å². The fourth-order valence-electron chi connectivity index (χ4n) is 3.83. The second-order valence-corrected chi connectivity index (χ2v) is 9.15. The number of rotatable bonds is 11. The Morgan fingerprint density at radius 1 is 0.789 bits per heavy atom. The van der Waals surface area contributed by atoms with E-state index in [-0.39, 0.29) is 36.8 Å². The molecule has 0 aliphatic carbocycles. The summed E-state index contributed by atoms with van der Waals surface area (Å²) in [7, 11) is 4.12. The lowest BCUT2D eigenvalue weighted by Crippen LogP contribution is -2.33. The van der Waals surface area contributed by atoms with Crippen LogP contribution in [0.2, 0.25) is 0 Å². The summed E-state index contributed by atoms with van der Waals surface area (Å²) >= 11 is 0. The molecule has 1 amide bonds. The number of carbonyl (C=O) groups excluding carboxylic acids is 1. The number of aryl methyl sites for hydroxylation is 2. The molecule has 0 fully saturated rings. The van der Waals surface area contributed by atoms with Crippen molar-refractivity contribution in [3.8, 4) is 0 Å². The van der Waals surface area contributed by atoms with Crippen LogP contribution >= 0.6 is 24.8 Å². The molecule has 0 atom stereocenters. The van der Waals surface area contributed by atoms with Crippen molar-refractivity contribution in [1.82, 2.24) is 9.80 Å². The van der Waals surface area contributed by atoms with Gasteiger partial charge in [-0.1, -0.05) is 92.7 Å². The predicted molar refractivity (Wildman–Crippen MR) is 166 cm³/mol. The summed E-state index contributed by atoms with van der Waals surface area (Å²) in [4.78, 5) is 16.1. The van der Waals surface area contributed by atoms with Gasteiger partial charge in [0.15, 0.2) is 0 Å². The van der Waals surface area contributed by atoms with Crippen LogP contribution in [0, 0.1) is 13.8 Å². The van der Waals surface area contributed by atoms with Crippen molar-refractivity contribution in [3.63, 3.8) is 0 Å². The van der Waals surface area contributed by atoms with Crippen LogP contribution in [0.25, 0.3) is 0 Å². The van der Waals surface area contributed by atoms with Crippen molar-refractivity contribution in [1.29, 1.82) is 0 Å². The number of halogens is 2. The number of nitrogens with zero attached hydrogens (tertiary/aromatic N) is 2. The summed E-state index contributed by atoms with van der Waals surface area (Å²) in [5.74, 6) is 0.0612. The minimum Gasteiger partial charge on any atom is -0.367 e. The third-order valence-electron chi connectivity index (χ3n) is 6.03. The van der Waals surface area contributed by atoms with Gasteiger partial charge < -0.3 is 15.0 Å². The van der Waals surface area contributed by atoms with Crippen molar-refractivity contribution >= 4 is 36.4 Å². The second kappa shape index (κ2) is 19.6. The van der Waals surface area contributed by atoms with Crippen LogP contribution in [0.5, 0.6) is 0 Å². The minimum atomic E-state index is 0. The van der Waals surface area contributed by atoms with Gasteiger partial charge in [0, 0.05) is 12.2 Å². The number of para-hydroxylation sites is 1. The van der Waals surface area contributed by atoms with Gasteiger partial charge in [-0.2, -0.15) is 0 Å². The zero-order chi connectivity index (χ0) is 26.3. The molecule has 0 aliphatic heterocycles. The Kier molecular flexibility index (Phi) is 18.4. The van der Waals surface area contributed by atoms with E-state index in [4.69, 9.17) is 4.74 Å². The second-order valence-electron chi connectivity index (χ2n) is 9.15. The van der Waals surface area contributed by atoms with Gasteiger partial charge in [0.25, 0.3) is 0 Å². The lowest BCUT2D eigenvalue weighted by Gasteiger charge is -2.20. The van der Waals surface area contributed by atoms with E-state index in [9.17, 15) is 4.79 Å². The molecular formula is C31H45Cl2N3O2. The zero-order valence-electron chi connectivity index (χ0n) is 23.6. The number of carbonyl (C=O) groups is 1. The molecule has 3 aromatic rings. The SMILES string of the molecule is CCN(CC)CC(=O)Nc1c(C)cccc1C.CN(C)CCOC(c1ccccc1)c1ccccc1.Cl.Cl. The number of amides is 1. The number of hydrogen-bond donors (Lipinski definition) is 1. The first-order chi connectivity index (χ1) is 17.3. The normalized spacial score (nSPS) is 10.3. The molecular weight excluding hydrogens is 517 g/mol. The maximum absolute atomic E-state index is 11.9. The summed E-state index contributed by atoms with van der Waals surface area (Å²) in [6.07, 6.45) is 0.0161. The smallest absolute Gasteiger partial charge is 0.238 e. The first-order valence-corrected chi connectivity index (χ1v) is 12.8. The highest BCUT2D eigenvalue weighted by Crippen LogP contribution is 2.25. The Balaban J connectivity index is 0.000000689. The fraction of sp³-hybridized carbons (Fsp3) is 0.387. The molecule has 210 valence electrons. The minimum absolute atomic E-state index is 0. The average molecular weight is 563 g/mol. The van der Waals surface area contributed by atoms with Gasteiger partial charge in [-0.25, -0.2) is 0 Å². The zero-order valence-corrected chi connectivity index (χ0v) is 25.3. The quantitative estimate of drug-likeness (QED) is 0.280. The summed E-state index contributed by atoms with van der Waals surface area (Å²) in [6, 6.07) is 26.8. The molecule has 5 nitrogen and oxygen atoms in total. The van der Waals surface area contributed by atoms with E-state index >= 15 is 0 Å². The molecule has 3 rings (SSSR count). The van der Waals surface area contributed by atoms with E-state index in [0.717, 1.165) is 43.1 Å². The molecule has 0 aromatic heterocycles. The number of anilines is 1. The first-order valence-electron chi connectivity index (χ1n) is 12.8. The van der Waals surface area contributed by atoms with Crippen molar-refractivity contribution < 1.29 is 9.53 Å². The van der Waals surface area contributed by atoms with E-state index in [2.05, 4.69) is 91.6 Å². The number of ether oxygens (including phenoxy) is 1. The van der Waals surface area contributed by atoms with Crippen LogP contribution in [0.3, 0.4) is 0 Å². The van der Waals surface area contributed by atoms with Gasteiger partial charge in [-0.05, 0) is 63.3 Å². The van der Waals surface area contributed by atoms with Crippen LogP contribution in [-0.4, -0.2) is 62.6 Å². The molecule has 0 radical (unpaired) electrons. The van der Waals surface area contributed by atoms with E-state index in [1.807, 2.05) is 44.2 Å².